The van der Waals surface area contributed by atoms with E-state index in [9.17, 15) is 13.9 Å². The zero-order valence-corrected chi connectivity index (χ0v) is 8.54. The largest absolute Gasteiger partial charge is 0.480 e. The highest BCUT2D eigenvalue weighted by Crippen LogP contribution is 2.67. The molecule has 5 N–H and O–H groups in total. The lowest BCUT2D eigenvalue weighted by molar-refractivity contribution is -0.141. The number of carboxylic acid groups (broad SMARTS) is 1. The van der Waals surface area contributed by atoms with Gasteiger partial charge in [0.2, 0.25) is 0 Å². The van der Waals surface area contributed by atoms with Gasteiger partial charge in [0.25, 0.3) is 0 Å². The van der Waals surface area contributed by atoms with Crippen molar-refractivity contribution in [2.24, 2.45) is 17.1 Å². The van der Waals surface area contributed by atoms with Crippen LogP contribution in [0.25, 0.3) is 0 Å². The molecule has 0 amide bonds. The Hall–Kier alpha value is -0.300. The molecular formula is C8H15NO4S. The van der Waals surface area contributed by atoms with Crippen LogP contribution < -0.4 is 5.73 Å². The molecule has 82 valence electrons. The van der Waals surface area contributed by atoms with Crippen LogP contribution in [0.3, 0.4) is 0 Å². The fourth-order valence-corrected chi connectivity index (χ4v) is 4.86. The number of nitrogens with two attached hydrogens (primary N) is 1. The summed E-state index contributed by atoms with van der Waals surface area (Å²) in [5.41, 5.74) is 5.07. The molecule has 2 rings (SSSR count). The van der Waals surface area contributed by atoms with E-state index in [-0.39, 0.29) is 17.4 Å². The van der Waals surface area contributed by atoms with Crippen LogP contribution in [-0.4, -0.2) is 37.7 Å². The molecule has 2 aliphatic rings. The van der Waals surface area contributed by atoms with Crippen LogP contribution in [0, 0.1) is 11.3 Å². The summed E-state index contributed by atoms with van der Waals surface area (Å²) in [6.45, 7) is 0. The Morgan fingerprint density at radius 2 is 1.93 bits per heavy atom. The number of aliphatic carboxylic acids is 1. The third-order valence-electron chi connectivity index (χ3n) is 3.28. The van der Waals surface area contributed by atoms with E-state index in [0.29, 0.717) is 0 Å². The van der Waals surface area contributed by atoms with Crippen molar-refractivity contribution in [2.45, 2.75) is 18.9 Å². The van der Waals surface area contributed by atoms with Gasteiger partial charge in [0, 0.05) is 16.9 Å². The Kier molecular flexibility index (Phi) is 2.08. The topological polar surface area (TPSA) is 104 Å². The number of carboxylic acids is 1. The van der Waals surface area contributed by atoms with Crippen LogP contribution in [0.2, 0.25) is 0 Å². The van der Waals surface area contributed by atoms with E-state index in [4.69, 9.17) is 10.8 Å². The third kappa shape index (κ3) is 1.42. The number of hydrogen-bond acceptors (Lipinski definition) is 4. The van der Waals surface area contributed by atoms with Crippen molar-refractivity contribution >= 4 is 16.6 Å². The molecule has 1 atom stereocenters. The summed E-state index contributed by atoms with van der Waals surface area (Å²) < 4.78 is 18.7. The van der Waals surface area contributed by atoms with Crippen molar-refractivity contribution in [2.75, 3.05) is 11.5 Å². The monoisotopic (exact) mass is 221 g/mol. The molecule has 0 aromatic rings. The second-order valence-electron chi connectivity index (χ2n) is 4.41. The van der Waals surface area contributed by atoms with Crippen LogP contribution in [0.15, 0.2) is 0 Å². The Morgan fingerprint density at radius 3 is 2.21 bits per heavy atom. The van der Waals surface area contributed by atoms with Gasteiger partial charge in [-0.05, 0) is 18.8 Å². The summed E-state index contributed by atoms with van der Waals surface area (Å²) in [6, 6.07) is -0.949. The fraction of sp³-hybridized carbons (Fsp3) is 0.875. The quantitative estimate of drug-likeness (QED) is 0.557. The molecule has 0 radical (unpaired) electrons. The van der Waals surface area contributed by atoms with E-state index in [1.807, 2.05) is 0 Å². The predicted octanol–water partition coefficient (Wildman–Crippen LogP) is 0.559. The minimum absolute atomic E-state index is 0.179. The summed E-state index contributed by atoms with van der Waals surface area (Å²) in [5, 5.41) is 8.85. The van der Waals surface area contributed by atoms with E-state index < -0.39 is 28.0 Å². The van der Waals surface area contributed by atoms with Crippen molar-refractivity contribution in [3.63, 3.8) is 0 Å². The van der Waals surface area contributed by atoms with Gasteiger partial charge in [-0.3, -0.25) is 13.9 Å². The molecule has 2 fully saturated rings. The molecule has 1 heterocycles. The third-order valence-corrected chi connectivity index (χ3v) is 5.28. The maximum absolute atomic E-state index is 10.8. The lowest BCUT2D eigenvalue weighted by atomic mass is 9.78. The summed E-state index contributed by atoms with van der Waals surface area (Å²) in [5.74, 6) is -0.392. The van der Waals surface area contributed by atoms with Crippen molar-refractivity contribution in [3.05, 3.63) is 0 Å². The molecule has 5 nitrogen and oxygen atoms in total. The van der Waals surface area contributed by atoms with E-state index in [2.05, 4.69) is 0 Å². The standard InChI is InChI=1S/C8H15NO4S/c9-6(7(10)11)8(5-1-2-5)3-14(12,13)4-8/h5-6,12-13H,1-4,9H2,(H,10,11)/t6-/m1/s1. The molecule has 1 aliphatic heterocycles. The zero-order valence-electron chi connectivity index (χ0n) is 7.72. The maximum atomic E-state index is 10.8. The minimum Gasteiger partial charge on any atom is -0.480 e. The average Bonchev–Trinajstić information content (AvgIpc) is 2.79. The van der Waals surface area contributed by atoms with Gasteiger partial charge in [0.05, 0.1) is 0 Å². The molecule has 0 aromatic heterocycles. The average molecular weight is 221 g/mol. The first-order valence-corrected chi connectivity index (χ1v) is 6.48. The summed E-state index contributed by atoms with van der Waals surface area (Å²) in [4.78, 5) is 10.8. The van der Waals surface area contributed by atoms with Gasteiger partial charge in [-0.15, -0.1) is 0 Å². The van der Waals surface area contributed by atoms with Crippen LogP contribution in [-0.2, 0) is 4.79 Å². The van der Waals surface area contributed by atoms with Gasteiger partial charge < -0.3 is 10.8 Å². The lowest BCUT2D eigenvalue weighted by Gasteiger charge is -2.57. The molecule has 14 heavy (non-hydrogen) atoms. The zero-order chi connectivity index (χ0) is 10.6. The molecule has 0 bridgehead atoms. The van der Waals surface area contributed by atoms with Crippen LogP contribution in [0.1, 0.15) is 12.8 Å². The SMILES string of the molecule is N[C@H](C(=O)O)C1(C2CC2)CS(O)(O)C1. The first kappa shape index (κ1) is 10.2. The van der Waals surface area contributed by atoms with Gasteiger partial charge in [0.1, 0.15) is 6.04 Å². The van der Waals surface area contributed by atoms with E-state index in [1.165, 1.54) is 0 Å². The lowest BCUT2D eigenvalue weighted by Crippen LogP contribution is -2.60. The molecule has 1 saturated heterocycles. The molecular weight excluding hydrogens is 206 g/mol. The van der Waals surface area contributed by atoms with Crippen molar-refractivity contribution < 1.29 is 19.0 Å². The normalized spacial score (nSPS) is 32.8. The van der Waals surface area contributed by atoms with E-state index in [1.54, 1.807) is 0 Å². The highest BCUT2D eigenvalue weighted by Gasteiger charge is 2.61. The predicted molar refractivity (Wildman–Crippen MR) is 53.4 cm³/mol. The molecule has 1 aliphatic carbocycles. The van der Waals surface area contributed by atoms with Gasteiger partial charge in [0.15, 0.2) is 0 Å². The van der Waals surface area contributed by atoms with Gasteiger partial charge in [-0.2, -0.15) is 10.6 Å². The Bertz CT molecular complexity index is 269. The minimum atomic E-state index is -2.52. The van der Waals surface area contributed by atoms with Gasteiger partial charge >= 0.3 is 5.97 Å². The van der Waals surface area contributed by atoms with Gasteiger partial charge in [-0.1, -0.05) is 0 Å². The molecule has 0 aromatic carbocycles. The van der Waals surface area contributed by atoms with E-state index in [0.717, 1.165) is 12.8 Å². The summed E-state index contributed by atoms with van der Waals surface area (Å²) in [7, 11) is -2.52. The van der Waals surface area contributed by atoms with Crippen molar-refractivity contribution in [1.29, 1.82) is 0 Å². The highest BCUT2D eigenvalue weighted by atomic mass is 32.3. The Labute approximate surface area is 83.6 Å². The summed E-state index contributed by atoms with van der Waals surface area (Å²) >= 11 is 0. The van der Waals surface area contributed by atoms with Crippen LogP contribution in [0.4, 0.5) is 0 Å². The fourth-order valence-electron chi connectivity index (χ4n) is 2.39. The molecule has 1 saturated carbocycles. The van der Waals surface area contributed by atoms with Crippen molar-refractivity contribution in [3.8, 4) is 0 Å². The number of carbonyl (C=O) groups is 1. The van der Waals surface area contributed by atoms with Crippen molar-refractivity contribution in [1.82, 2.24) is 0 Å². The first-order chi connectivity index (χ1) is 6.37. The Balaban J connectivity index is 2.13. The second kappa shape index (κ2) is 2.85. The summed E-state index contributed by atoms with van der Waals surface area (Å²) in [6.07, 6.45) is 1.94. The Morgan fingerprint density at radius 1 is 1.43 bits per heavy atom. The second-order valence-corrected chi connectivity index (χ2v) is 6.60. The highest BCUT2D eigenvalue weighted by molar-refractivity contribution is 8.25. The van der Waals surface area contributed by atoms with Gasteiger partial charge in [-0.25, -0.2) is 0 Å². The van der Waals surface area contributed by atoms with E-state index >= 15 is 0 Å². The number of rotatable bonds is 3. The first-order valence-electron chi connectivity index (χ1n) is 4.59. The molecule has 0 unspecified atom stereocenters. The molecule has 0 spiro atoms. The van der Waals surface area contributed by atoms with Crippen LogP contribution >= 0.6 is 10.6 Å². The molecule has 6 heteroatoms. The maximum Gasteiger partial charge on any atom is 0.321 e. The smallest absolute Gasteiger partial charge is 0.321 e. The van der Waals surface area contributed by atoms with Crippen LogP contribution in [0.5, 0.6) is 0 Å². The number of hydrogen-bond donors (Lipinski definition) is 4.